The Labute approximate surface area is 168 Å². The van der Waals surface area contributed by atoms with Crippen LogP contribution in [-0.2, 0) is 11.3 Å². The molecule has 3 rings (SSSR count). The van der Waals surface area contributed by atoms with Gasteiger partial charge in [0.05, 0.1) is 5.25 Å². The lowest BCUT2D eigenvalue weighted by molar-refractivity contribution is -0.115. The van der Waals surface area contributed by atoms with Crippen molar-refractivity contribution in [2.75, 3.05) is 5.32 Å². The van der Waals surface area contributed by atoms with Gasteiger partial charge in [-0.2, -0.15) is 0 Å². The molecule has 3 aromatic rings. The third-order valence-corrected chi connectivity index (χ3v) is 5.26. The third kappa shape index (κ3) is 4.78. The number of carbonyl (C=O) groups excluding carboxylic acids is 1. The van der Waals surface area contributed by atoms with Gasteiger partial charge in [-0.25, -0.2) is 4.39 Å². The average molecular weight is 399 g/mol. The molecular weight excluding hydrogens is 375 g/mol. The highest BCUT2D eigenvalue weighted by Gasteiger charge is 2.21. The number of anilines is 1. The van der Waals surface area contributed by atoms with Gasteiger partial charge in [-0.3, -0.25) is 4.79 Å². The molecule has 0 radical (unpaired) electrons. The lowest BCUT2D eigenvalue weighted by Crippen LogP contribution is -2.23. The fraction of sp³-hybridized carbons (Fsp3) is 0.286. The molecule has 7 heteroatoms. The molecule has 1 heterocycles. The first kappa shape index (κ1) is 20.1. The molecule has 5 nitrogen and oxygen atoms in total. The van der Waals surface area contributed by atoms with Crippen molar-refractivity contribution in [1.82, 2.24) is 14.8 Å². The number of thioether (sulfide) groups is 1. The molecular formula is C21H23FN4OS. The second kappa shape index (κ2) is 9.01. The molecule has 0 aliphatic carbocycles. The Morgan fingerprint density at radius 3 is 2.71 bits per heavy atom. The monoisotopic (exact) mass is 398 g/mol. The first-order chi connectivity index (χ1) is 13.5. The van der Waals surface area contributed by atoms with E-state index in [1.807, 2.05) is 29.7 Å². The van der Waals surface area contributed by atoms with E-state index < -0.39 is 5.25 Å². The predicted octanol–water partition coefficient (Wildman–Crippen LogP) is 4.92. The predicted molar refractivity (Wildman–Crippen MR) is 111 cm³/mol. The number of nitrogens with zero attached hydrogens (tertiary/aromatic N) is 3. The van der Waals surface area contributed by atoms with Crippen LogP contribution >= 0.6 is 11.8 Å². The molecule has 1 atom stereocenters. The average Bonchev–Trinajstić information content (AvgIpc) is 3.04. The third-order valence-electron chi connectivity index (χ3n) is 4.18. The summed E-state index contributed by atoms with van der Waals surface area (Å²) >= 11 is 1.34. The zero-order valence-electron chi connectivity index (χ0n) is 16.1. The molecule has 0 fully saturated rings. The van der Waals surface area contributed by atoms with Crippen LogP contribution in [0, 0.1) is 12.7 Å². The SMILES string of the molecule is CCCn1c(S[C@@H](C)C(=O)Nc2cccc(F)c2)nnc1-c1cccc(C)c1. The van der Waals surface area contributed by atoms with E-state index in [9.17, 15) is 9.18 Å². The van der Waals surface area contributed by atoms with E-state index >= 15 is 0 Å². The Morgan fingerprint density at radius 1 is 1.21 bits per heavy atom. The lowest BCUT2D eigenvalue weighted by atomic mass is 10.1. The number of hydrogen-bond donors (Lipinski definition) is 1. The Hall–Kier alpha value is -2.67. The van der Waals surface area contributed by atoms with Crippen LogP contribution in [0.4, 0.5) is 10.1 Å². The number of amides is 1. The molecule has 0 bridgehead atoms. The summed E-state index contributed by atoms with van der Waals surface area (Å²) in [5.74, 6) is 0.202. The van der Waals surface area contributed by atoms with Crippen LogP contribution in [0.3, 0.4) is 0 Å². The minimum absolute atomic E-state index is 0.209. The van der Waals surface area contributed by atoms with Gasteiger partial charge in [-0.15, -0.1) is 10.2 Å². The number of aryl methyl sites for hydroxylation is 1. The maximum absolute atomic E-state index is 13.3. The number of hydrogen-bond acceptors (Lipinski definition) is 4. The van der Waals surface area contributed by atoms with Gasteiger partial charge in [0.25, 0.3) is 0 Å². The van der Waals surface area contributed by atoms with E-state index in [1.54, 1.807) is 19.1 Å². The normalized spacial score (nSPS) is 12.0. The van der Waals surface area contributed by atoms with Crippen molar-refractivity contribution in [3.63, 3.8) is 0 Å². The topological polar surface area (TPSA) is 59.8 Å². The molecule has 0 saturated carbocycles. The van der Waals surface area contributed by atoms with E-state index in [4.69, 9.17) is 0 Å². The minimum atomic E-state index is -0.409. The highest BCUT2D eigenvalue weighted by Crippen LogP contribution is 2.28. The summed E-state index contributed by atoms with van der Waals surface area (Å²) in [7, 11) is 0. The first-order valence-electron chi connectivity index (χ1n) is 9.21. The number of rotatable bonds is 7. The van der Waals surface area contributed by atoms with Crippen molar-refractivity contribution in [3.8, 4) is 11.4 Å². The second-order valence-electron chi connectivity index (χ2n) is 6.59. The first-order valence-corrected chi connectivity index (χ1v) is 10.1. The number of carbonyl (C=O) groups is 1. The van der Waals surface area contributed by atoms with Crippen molar-refractivity contribution < 1.29 is 9.18 Å². The lowest BCUT2D eigenvalue weighted by Gasteiger charge is -2.13. The zero-order valence-corrected chi connectivity index (χ0v) is 17.0. The molecule has 1 amide bonds. The standard InChI is InChI=1S/C21H23FN4OS/c1-4-11-26-19(16-8-5-7-14(2)12-16)24-25-21(26)28-15(3)20(27)23-18-10-6-9-17(22)13-18/h5-10,12-13,15H,4,11H2,1-3H3,(H,23,27)/t15-/m0/s1. The van der Waals surface area contributed by atoms with Crippen LogP contribution in [0.15, 0.2) is 53.7 Å². The van der Waals surface area contributed by atoms with Crippen molar-refractivity contribution in [2.24, 2.45) is 0 Å². The highest BCUT2D eigenvalue weighted by atomic mass is 32.2. The molecule has 0 saturated heterocycles. The van der Waals surface area contributed by atoms with Crippen LogP contribution in [0.1, 0.15) is 25.8 Å². The van der Waals surface area contributed by atoms with Gasteiger partial charge in [0.2, 0.25) is 5.91 Å². The van der Waals surface area contributed by atoms with Gasteiger partial charge in [0.15, 0.2) is 11.0 Å². The quantitative estimate of drug-likeness (QED) is 0.574. The Balaban J connectivity index is 1.78. The summed E-state index contributed by atoms with van der Waals surface area (Å²) in [6.07, 6.45) is 0.925. The molecule has 146 valence electrons. The molecule has 0 aliphatic heterocycles. The van der Waals surface area contributed by atoms with Gasteiger partial charge in [-0.05, 0) is 44.5 Å². The number of benzene rings is 2. The van der Waals surface area contributed by atoms with Gasteiger partial charge >= 0.3 is 0 Å². The number of nitrogens with one attached hydrogen (secondary N) is 1. The fourth-order valence-corrected chi connectivity index (χ4v) is 3.70. The summed E-state index contributed by atoms with van der Waals surface area (Å²) in [6, 6.07) is 14.0. The molecule has 0 aliphatic rings. The maximum Gasteiger partial charge on any atom is 0.237 e. The summed E-state index contributed by atoms with van der Waals surface area (Å²) in [6.45, 7) is 6.69. The Bertz CT molecular complexity index is 973. The van der Waals surface area contributed by atoms with E-state index in [0.29, 0.717) is 10.8 Å². The summed E-state index contributed by atoms with van der Waals surface area (Å²) < 4.78 is 15.4. The van der Waals surface area contributed by atoms with Gasteiger partial charge < -0.3 is 9.88 Å². The van der Waals surface area contributed by atoms with Crippen LogP contribution in [0.2, 0.25) is 0 Å². The zero-order chi connectivity index (χ0) is 20.1. The smallest absolute Gasteiger partial charge is 0.237 e. The van der Waals surface area contributed by atoms with Gasteiger partial charge in [0, 0.05) is 17.8 Å². The van der Waals surface area contributed by atoms with Crippen molar-refractivity contribution in [1.29, 1.82) is 0 Å². The summed E-state index contributed by atoms with van der Waals surface area (Å²) in [5.41, 5.74) is 2.60. The fourth-order valence-electron chi connectivity index (χ4n) is 2.82. The molecule has 1 aromatic heterocycles. The van der Waals surface area contributed by atoms with Crippen LogP contribution in [-0.4, -0.2) is 25.9 Å². The van der Waals surface area contributed by atoms with Crippen LogP contribution in [0.5, 0.6) is 0 Å². The van der Waals surface area contributed by atoms with Crippen LogP contribution in [0.25, 0.3) is 11.4 Å². The summed E-state index contributed by atoms with van der Waals surface area (Å²) in [5, 5.41) is 11.7. The molecule has 0 unspecified atom stereocenters. The number of halogens is 1. The van der Waals surface area contributed by atoms with Crippen molar-refractivity contribution in [3.05, 3.63) is 59.9 Å². The molecule has 2 aromatic carbocycles. The minimum Gasteiger partial charge on any atom is -0.325 e. The van der Waals surface area contributed by atoms with E-state index in [1.165, 1.54) is 23.9 Å². The maximum atomic E-state index is 13.3. The second-order valence-corrected chi connectivity index (χ2v) is 7.89. The Morgan fingerprint density at radius 2 is 2.00 bits per heavy atom. The van der Waals surface area contributed by atoms with Gasteiger partial charge in [0.1, 0.15) is 5.82 Å². The van der Waals surface area contributed by atoms with E-state index in [2.05, 4.69) is 28.5 Å². The molecule has 0 spiro atoms. The largest absolute Gasteiger partial charge is 0.325 e. The van der Waals surface area contributed by atoms with E-state index in [0.717, 1.165) is 29.9 Å². The summed E-state index contributed by atoms with van der Waals surface area (Å²) in [4.78, 5) is 12.5. The molecule has 28 heavy (non-hydrogen) atoms. The van der Waals surface area contributed by atoms with E-state index in [-0.39, 0.29) is 11.7 Å². The Kier molecular flexibility index (Phi) is 6.46. The van der Waals surface area contributed by atoms with Gasteiger partial charge in [-0.1, -0.05) is 48.5 Å². The van der Waals surface area contributed by atoms with Crippen molar-refractivity contribution >= 4 is 23.4 Å². The van der Waals surface area contributed by atoms with Crippen molar-refractivity contribution in [2.45, 2.75) is 44.1 Å². The highest BCUT2D eigenvalue weighted by molar-refractivity contribution is 8.00. The number of aromatic nitrogens is 3. The van der Waals surface area contributed by atoms with Crippen LogP contribution < -0.4 is 5.32 Å². The molecule has 1 N–H and O–H groups in total.